The van der Waals surface area contributed by atoms with Crippen molar-refractivity contribution in [2.45, 2.75) is 12.8 Å². The summed E-state index contributed by atoms with van der Waals surface area (Å²) in [5, 5.41) is 5.79. The van der Waals surface area contributed by atoms with Crippen molar-refractivity contribution < 1.29 is 13.9 Å². The summed E-state index contributed by atoms with van der Waals surface area (Å²) >= 11 is 0. The van der Waals surface area contributed by atoms with Gasteiger partial charge in [0.1, 0.15) is 22.7 Å². The van der Waals surface area contributed by atoms with Crippen LogP contribution in [-0.4, -0.2) is 54.0 Å². The second kappa shape index (κ2) is 8.26. The lowest BCUT2D eigenvalue weighted by Gasteiger charge is -2.13. The number of hydrogen-bond acceptors (Lipinski definition) is 7. The number of aromatic nitrogens is 2. The summed E-state index contributed by atoms with van der Waals surface area (Å²) < 4.78 is 11.6. The Hall–Kier alpha value is -3.13. The lowest BCUT2D eigenvalue weighted by atomic mass is 10.3. The fourth-order valence-electron chi connectivity index (χ4n) is 3.23. The molecule has 0 atom stereocenters. The molecule has 1 aliphatic heterocycles. The maximum atomic E-state index is 11.7. The predicted molar refractivity (Wildman–Crippen MR) is 106 cm³/mol. The number of rotatable bonds is 7. The van der Waals surface area contributed by atoms with E-state index < -0.39 is 0 Å². The molecule has 1 fully saturated rings. The molecule has 1 saturated heterocycles. The van der Waals surface area contributed by atoms with Crippen LogP contribution in [0.1, 0.15) is 23.3 Å². The van der Waals surface area contributed by atoms with Crippen LogP contribution in [0.25, 0.3) is 11.1 Å². The zero-order valence-electron chi connectivity index (χ0n) is 15.8. The molecular weight excluding hydrogens is 358 g/mol. The number of nitrogens with one attached hydrogen (secondary N) is 2. The van der Waals surface area contributed by atoms with Crippen LogP contribution in [0.3, 0.4) is 0 Å². The van der Waals surface area contributed by atoms with Crippen LogP contribution in [0.2, 0.25) is 0 Å². The monoisotopic (exact) mass is 381 g/mol. The number of fused-ring (bicyclic) bond motifs is 1. The van der Waals surface area contributed by atoms with Crippen LogP contribution < -0.4 is 15.4 Å². The molecule has 3 heterocycles. The van der Waals surface area contributed by atoms with Crippen molar-refractivity contribution in [3.05, 3.63) is 42.2 Å². The Labute approximate surface area is 162 Å². The van der Waals surface area contributed by atoms with Crippen molar-refractivity contribution in [2.24, 2.45) is 0 Å². The van der Waals surface area contributed by atoms with E-state index in [-0.39, 0.29) is 5.91 Å². The molecule has 2 N–H and O–H groups in total. The van der Waals surface area contributed by atoms with Gasteiger partial charge in [0.05, 0.1) is 0 Å². The van der Waals surface area contributed by atoms with E-state index in [4.69, 9.17) is 9.15 Å². The minimum Gasteiger partial charge on any atom is -0.457 e. The predicted octanol–water partition coefficient (Wildman–Crippen LogP) is 2.88. The first-order valence-electron chi connectivity index (χ1n) is 9.44. The molecule has 1 aromatic carbocycles. The molecule has 0 saturated carbocycles. The number of ether oxygens (including phenoxy) is 1. The molecule has 28 heavy (non-hydrogen) atoms. The number of hydrogen-bond donors (Lipinski definition) is 2. The maximum absolute atomic E-state index is 11.7. The summed E-state index contributed by atoms with van der Waals surface area (Å²) in [4.78, 5) is 22.6. The van der Waals surface area contributed by atoms with Crippen LogP contribution in [0.5, 0.6) is 11.5 Å². The van der Waals surface area contributed by atoms with E-state index in [1.807, 2.05) is 12.1 Å². The van der Waals surface area contributed by atoms with Gasteiger partial charge >= 0.3 is 0 Å². The van der Waals surface area contributed by atoms with Gasteiger partial charge < -0.3 is 24.7 Å². The lowest BCUT2D eigenvalue weighted by Crippen LogP contribution is -2.25. The number of anilines is 1. The molecule has 2 aromatic heterocycles. The van der Waals surface area contributed by atoms with Crippen LogP contribution in [0.15, 0.2) is 40.9 Å². The number of pyridine rings is 1. The van der Waals surface area contributed by atoms with Gasteiger partial charge in [-0.15, -0.1) is 0 Å². The molecule has 3 aromatic rings. The summed E-state index contributed by atoms with van der Waals surface area (Å²) in [6.07, 6.45) is 4.11. The molecule has 1 amide bonds. The van der Waals surface area contributed by atoms with Gasteiger partial charge in [-0.3, -0.25) is 9.78 Å². The van der Waals surface area contributed by atoms with Gasteiger partial charge in [0, 0.05) is 38.5 Å². The van der Waals surface area contributed by atoms with Crippen molar-refractivity contribution in [2.75, 3.05) is 38.5 Å². The number of amides is 1. The Kier molecular flexibility index (Phi) is 5.38. The molecule has 146 valence electrons. The van der Waals surface area contributed by atoms with Crippen molar-refractivity contribution in [3.8, 4) is 11.5 Å². The van der Waals surface area contributed by atoms with Gasteiger partial charge in [-0.25, -0.2) is 0 Å². The Balaban J connectivity index is 1.42. The van der Waals surface area contributed by atoms with Gasteiger partial charge in [0.2, 0.25) is 0 Å². The number of likely N-dealkylation sites (tertiary alicyclic amines) is 1. The van der Waals surface area contributed by atoms with E-state index in [0.29, 0.717) is 28.8 Å². The van der Waals surface area contributed by atoms with Crippen LogP contribution in [-0.2, 0) is 0 Å². The number of carbonyl (C=O) groups excluding carboxylic acids is 1. The second-order valence-corrected chi connectivity index (χ2v) is 6.68. The summed E-state index contributed by atoms with van der Waals surface area (Å²) in [5.74, 6) is 0.860. The molecular formula is C20H23N5O3. The summed E-state index contributed by atoms with van der Waals surface area (Å²) in [6, 6.07) is 9.25. The fourth-order valence-corrected chi connectivity index (χ4v) is 3.23. The topological polar surface area (TPSA) is 92.5 Å². The fraction of sp³-hybridized carbons (Fsp3) is 0.350. The average Bonchev–Trinajstić information content (AvgIpc) is 3.37. The van der Waals surface area contributed by atoms with Gasteiger partial charge in [-0.05, 0) is 44.1 Å². The second-order valence-electron chi connectivity index (χ2n) is 6.68. The van der Waals surface area contributed by atoms with E-state index in [0.717, 1.165) is 18.6 Å². The molecule has 1 aliphatic rings. The number of benzene rings is 1. The van der Waals surface area contributed by atoms with Crippen molar-refractivity contribution >= 4 is 23.0 Å². The quantitative estimate of drug-likeness (QED) is 0.650. The largest absolute Gasteiger partial charge is 0.457 e. The van der Waals surface area contributed by atoms with E-state index in [2.05, 4.69) is 25.5 Å². The Bertz CT molecular complexity index is 965. The molecule has 0 radical (unpaired) electrons. The van der Waals surface area contributed by atoms with E-state index >= 15 is 0 Å². The summed E-state index contributed by atoms with van der Waals surface area (Å²) in [5.41, 5.74) is 1.70. The van der Waals surface area contributed by atoms with Crippen LogP contribution >= 0.6 is 0 Å². The highest BCUT2D eigenvalue weighted by Crippen LogP contribution is 2.27. The molecule has 4 rings (SSSR count). The molecule has 8 nitrogen and oxygen atoms in total. The smallest absolute Gasteiger partial charge is 0.295 e. The van der Waals surface area contributed by atoms with Gasteiger partial charge in [-0.1, -0.05) is 0 Å². The Morgan fingerprint density at radius 3 is 2.86 bits per heavy atom. The first kappa shape index (κ1) is 18.2. The van der Waals surface area contributed by atoms with Crippen molar-refractivity contribution in [1.82, 2.24) is 20.2 Å². The van der Waals surface area contributed by atoms with Gasteiger partial charge in [0.15, 0.2) is 5.58 Å². The van der Waals surface area contributed by atoms with Crippen LogP contribution in [0.4, 0.5) is 6.01 Å². The van der Waals surface area contributed by atoms with E-state index in [9.17, 15) is 4.79 Å². The zero-order valence-corrected chi connectivity index (χ0v) is 15.8. The van der Waals surface area contributed by atoms with Crippen LogP contribution in [0, 0.1) is 0 Å². The molecule has 8 heteroatoms. The first-order chi connectivity index (χ1) is 13.7. The summed E-state index contributed by atoms with van der Waals surface area (Å²) in [6.45, 7) is 4.14. The Morgan fingerprint density at radius 2 is 2.04 bits per heavy atom. The molecule has 0 unspecified atom stereocenters. The average molecular weight is 381 g/mol. The third-order valence-corrected chi connectivity index (χ3v) is 4.69. The number of carbonyl (C=O) groups is 1. The SMILES string of the molecule is CNC(=O)c1cc(Oc2ccc3nc(NCCN4CCCC4)oc3c2)ccn1. The first-order valence-corrected chi connectivity index (χ1v) is 9.44. The number of nitrogens with zero attached hydrogens (tertiary/aromatic N) is 3. The minimum atomic E-state index is -0.263. The highest BCUT2D eigenvalue weighted by Gasteiger charge is 2.12. The summed E-state index contributed by atoms with van der Waals surface area (Å²) in [7, 11) is 1.56. The highest BCUT2D eigenvalue weighted by molar-refractivity contribution is 5.92. The standard InChI is InChI=1S/C20H23N5O3/c1-21-19(26)17-12-15(6-7-22-17)27-14-4-5-16-18(13-14)28-20(24-16)23-8-11-25-9-2-3-10-25/h4-7,12-13H,2-3,8-11H2,1H3,(H,21,26)(H,23,24). The van der Waals surface area contributed by atoms with Gasteiger partial charge in [-0.2, -0.15) is 4.98 Å². The highest BCUT2D eigenvalue weighted by atomic mass is 16.5. The lowest BCUT2D eigenvalue weighted by molar-refractivity contribution is 0.0958. The third kappa shape index (κ3) is 4.23. The zero-order chi connectivity index (χ0) is 19.3. The normalized spacial score (nSPS) is 14.3. The molecule has 0 aliphatic carbocycles. The van der Waals surface area contributed by atoms with Crippen molar-refractivity contribution in [3.63, 3.8) is 0 Å². The molecule has 0 spiro atoms. The third-order valence-electron chi connectivity index (χ3n) is 4.69. The molecule has 0 bridgehead atoms. The minimum absolute atomic E-state index is 0.263. The Morgan fingerprint density at radius 1 is 1.21 bits per heavy atom. The van der Waals surface area contributed by atoms with E-state index in [1.165, 1.54) is 32.1 Å². The van der Waals surface area contributed by atoms with E-state index in [1.54, 1.807) is 25.2 Å². The van der Waals surface area contributed by atoms with Crippen molar-refractivity contribution in [1.29, 1.82) is 0 Å². The number of oxazole rings is 1. The maximum Gasteiger partial charge on any atom is 0.295 e. The van der Waals surface area contributed by atoms with Gasteiger partial charge in [0.25, 0.3) is 11.9 Å².